The van der Waals surface area contributed by atoms with Crippen molar-refractivity contribution in [3.63, 3.8) is 0 Å². The summed E-state index contributed by atoms with van der Waals surface area (Å²) in [7, 11) is -3.69. The molecule has 8 heteroatoms. The van der Waals surface area contributed by atoms with Gasteiger partial charge in [-0.05, 0) is 30.9 Å². The van der Waals surface area contributed by atoms with Crippen LogP contribution in [0.2, 0.25) is 0 Å². The molecule has 1 aliphatic heterocycles. The third-order valence-corrected chi connectivity index (χ3v) is 6.02. The molecule has 1 aliphatic rings. The van der Waals surface area contributed by atoms with E-state index in [1.165, 1.54) is 10.4 Å². The fraction of sp³-hybridized carbons (Fsp3) is 0.500. The maximum atomic E-state index is 12.8. The predicted molar refractivity (Wildman–Crippen MR) is 82.7 cm³/mol. The Morgan fingerprint density at radius 1 is 1.36 bits per heavy atom. The van der Waals surface area contributed by atoms with Crippen LogP contribution in [0.3, 0.4) is 0 Å². The molecule has 1 aromatic rings. The van der Waals surface area contributed by atoms with E-state index in [0.717, 1.165) is 12.8 Å². The number of nitrogens with two attached hydrogens (primary N) is 1. The Balaban J connectivity index is 2.24. The molecule has 1 fully saturated rings. The Labute approximate surface area is 135 Å². The summed E-state index contributed by atoms with van der Waals surface area (Å²) in [6.45, 7) is 0.155. The fourth-order valence-corrected chi connectivity index (χ4v) is 4.70. The normalized spacial score (nSPS) is 20.0. The van der Waals surface area contributed by atoms with Crippen LogP contribution in [0.1, 0.15) is 24.8 Å². The summed E-state index contributed by atoms with van der Waals surface area (Å²) in [5.74, 6) is -0.600. The van der Waals surface area contributed by atoms with Crippen molar-refractivity contribution >= 4 is 27.5 Å². The molecule has 2 N–H and O–H groups in total. The summed E-state index contributed by atoms with van der Waals surface area (Å²) < 4.78 is 32.1. The molecule has 1 aromatic carbocycles. The number of piperidine rings is 1. The zero-order chi connectivity index (χ0) is 16.2. The first-order valence-electron chi connectivity index (χ1n) is 7.03. The molecule has 0 radical (unpaired) electrons. The highest BCUT2D eigenvalue weighted by atomic mass is 35.5. The second-order valence-electron chi connectivity index (χ2n) is 5.11. The maximum absolute atomic E-state index is 12.8. The number of sulfonamides is 1. The molecule has 6 nitrogen and oxygen atoms in total. The molecular weight excluding hydrogens is 328 g/mol. The number of halogens is 1. The van der Waals surface area contributed by atoms with Gasteiger partial charge in [0.15, 0.2) is 0 Å². The number of ether oxygens (including phenoxy) is 1. The topological polar surface area (TPSA) is 89.7 Å². The number of carbonyl (C=O) groups excluding carboxylic acids is 1. The first kappa shape index (κ1) is 17.2. The van der Waals surface area contributed by atoms with Crippen molar-refractivity contribution in [2.45, 2.75) is 36.3 Å². The minimum absolute atomic E-state index is 0.000857. The van der Waals surface area contributed by atoms with Crippen molar-refractivity contribution in [3.8, 4) is 0 Å². The van der Waals surface area contributed by atoms with Crippen LogP contribution >= 0.6 is 11.6 Å². The SMILES string of the molecule is NC(=O)COCc1ccccc1S(=O)(=O)N1CCCCC1Cl. The van der Waals surface area contributed by atoms with E-state index in [-0.39, 0.29) is 18.1 Å². The van der Waals surface area contributed by atoms with E-state index in [1.807, 2.05) is 0 Å². The van der Waals surface area contributed by atoms with Gasteiger partial charge in [0.2, 0.25) is 15.9 Å². The molecule has 0 aliphatic carbocycles. The summed E-state index contributed by atoms with van der Waals surface area (Å²) >= 11 is 6.17. The second kappa shape index (κ2) is 7.41. The minimum Gasteiger partial charge on any atom is -0.368 e. The number of alkyl halides is 1. The number of hydrogen-bond donors (Lipinski definition) is 1. The summed E-state index contributed by atoms with van der Waals surface area (Å²) in [5.41, 5.74) is 4.96. The van der Waals surface area contributed by atoms with E-state index in [9.17, 15) is 13.2 Å². The van der Waals surface area contributed by atoms with Crippen molar-refractivity contribution in [3.05, 3.63) is 29.8 Å². The first-order chi connectivity index (χ1) is 10.4. The molecule has 0 aromatic heterocycles. The third kappa shape index (κ3) is 3.98. The number of amides is 1. The van der Waals surface area contributed by atoms with E-state index in [1.54, 1.807) is 18.2 Å². The smallest absolute Gasteiger partial charge is 0.244 e. The molecule has 0 saturated carbocycles. The van der Waals surface area contributed by atoms with Crippen LogP contribution in [-0.2, 0) is 26.2 Å². The lowest BCUT2D eigenvalue weighted by Gasteiger charge is -2.31. The highest BCUT2D eigenvalue weighted by Crippen LogP contribution is 2.29. The van der Waals surface area contributed by atoms with Crippen LogP contribution in [0.4, 0.5) is 0 Å². The summed E-state index contributed by atoms with van der Waals surface area (Å²) in [6.07, 6.45) is 2.35. The zero-order valence-electron chi connectivity index (χ0n) is 12.1. The second-order valence-corrected chi connectivity index (χ2v) is 7.48. The van der Waals surface area contributed by atoms with Gasteiger partial charge in [0.05, 0.1) is 17.0 Å². The number of benzene rings is 1. The number of carbonyl (C=O) groups is 1. The first-order valence-corrected chi connectivity index (χ1v) is 8.90. The molecular formula is C14H19ClN2O4S. The van der Waals surface area contributed by atoms with Crippen molar-refractivity contribution < 1.29 is 17.9 Å². The van der Waals surface area contributed by atoms with Gasteiger partial charge in [-0.3, -0.25) is 4.79 Å². The lowest BCUT2D eigenvalue weighted by molar-refractivity contribution is -0.122. The van der Waals surface area contributed by atoms with Crippen molar-refractivity contribution in [1.29, 1.82) is 0 Å². The predicted octanol–water partition coefficient (Wildman–Crippen LogP) is 1.43. The van der Waals surface area contributed by atoms with Gasteiger partial charge in [-0.1, -0.05) is 18.2 Å². The van der Waals surface area contributed by atoms with Gasteiger partial charge in [-0.15, -0.1) is 11.6 Å². The van der Waals surface area contributed by atoms with Crippen LogP contribution in [-0.4, -0.2) is 37.3 Å². The van der Waals surface area contributed by atoms with E-state index >= 15 is 0 Å². The summed E-state index contributed by atoms with van der Waals surface area (Å²) in [6, 6.07) is 6.55. The highest BCUT2D eigenvalue weighted by molar-refractivity contribution is 7.89. The summed E-state index contributed by atoms with van der Waals surface area (Å²) in [4.78, 5) is 10.9. The van der Waals surface area contributed by atoms with Crippen LogP contribution in [0.5, 0.6) is 0 Å². The van der Waals surface area contributed by atoms with Crippen molar-refractivity contribution in [1.82, 2.24) is 4.31 Å². The third-order valence-electron chi connectivity index (χ3n) is 3.44. The molecule has 122 valence electrons. The minimum atomic E-state index is -3.69. The fourth-order valence-electron chi connectivity index (χ4n) is 2.40. The van der Waals surface area contributed by atoms with Crippen molar-refractivity contribution in [2.24, 2.45) is 5.73 Å². The Morgan fingerprint density at radius 2 is 2.09 bits per heavy atom. The number of primary amides is 1. The van der Waals surface area contributed by atoms with Crippen molar-refractivity contribution in [2.75, 3.05) is 13.2 Å². The van der Waals surface area contributed by atoms with Crippen LogP contribution < -0.4 is 5.73 Å². The van der Waals surface area contributed by atoms with Crippen LogP contribution in [0.25, 0.3) is 0 Å². The molecule has 1 amide bonds. The summed E-state index contributed by atoms with van der Waals surface area (Å²) in [5, 5.41) is 0. The van der Waals surface area contributed by atoms with Gasteiger partial charge < -0.3 is 10.5 Å². The molecule has 0 spiro atoms. The average molecular weight is 347 g/mol. The highest BCUT2D eigenvalue weighted by Gasteiger charge is 2.33. The molecule has 1 unspecified atom stereocenters. The molecule has 1 saturated heterocycles. The van der Waals surface area contributed by atoms with Gasteiger partial charge in [0, 0.05) is 6.54 Å². The van der Waals surface area contributed by atoms with E-state index in [2.05, 4.69) is 0 Å². The monoisotopic (exact) mass is 346 g/mol. The maximum Gasteiger partial charge on any atom is 0.244 e. The van der Waals surface area contributed by atoms with Gasteiger partial charge in [0.25, 0.3) is 0 Å². The molecule has 0 bridgehead atoms. The lowest BCUT2D eigenvalue weighted by Crippen LogP contribution is -2.41. The Morgan fingerprint density at radius 3 is 2.77 bits per heavy atom. The van der Waals surface area contributed by atoms with E-state index in [4.69, 9.17) is 22.1 Å². The number of nitrogens with zero attached hydrogens (tertiary/aromatic N) is 1. The molecule has 22 heavy (non-hydrogen) atoms. The Bertz CT molecular complexity index is 635. The quantitative estimate of drug-likeness (QED) is 0.623. The van der Waals surface area contributed by atoms with Crippen LogP contribution in [0, 0.1) is 0 Å². The molecule has 1 atom stereocenters. The van der Waals surface area contributed by atoms with Gasteiger partial charge in [0.1, 0.15) is 6.61 Å². The van der Waals surface area contributed by atoms with E-state index in [0.29, 0.717) is 18.5 Å². The lowest BCUT2D eigenvalue weighted by atomic mass is 10.2. The van der Waals surface area contributed by atoms with Gasteiger partial charge in [-0.2, -0.15) is 4.31 Å². The Hall–Kier alpha value is -1.15. The largest absolute Gasteiger partial charge is 0.368 e. The average Bonchev–Trinajstić information content (AvgIpc) is 2.47. The van der Waals surface area contributed by atoms with Gasteiger partial charge in [-0.25, -0.2) is 8.42 Å². The Kier molecular flexibility index (Phi) is 5.80. The standard InChI is InChI=1S/C14H19ClN2O4S/c15-13-7-3-4-8-17(13)22(19,20)12-6-2-1-5-11(12)9-21-10-14(16)18/h1-2,5-6,13H,3-4,7-10H2,(H2,16,18). The van der Waals surface area contributed by atoms with E-state index < -0.39 is 21.4 Å². The zero-order valence-corrected chi connectivity index (χ0v) is 13.6. The number of hydrogen-bond acceptors (Lipinski definition) is 4. The number of rotatable bonds is 6. The molecule has 2 rings (SSSR count). The van der Waals surface area contributed by atoms with Crippen LogP contribution in [0.15, 0.2) is 29.2 Å². The molecule has 1 heterocycles. The van der Waals surface area contributed by atoms with Gasteiger partial charge >= 0.3 is 0 Å².